The number of aliphatic hydroxyl groups is 1. The first-order valence-corrected chi connectivity index (χ1v) is 12.9. The maximum Gasteiger partial charge on any atom is 0.141 e. The van der Waals surface area contributed by atoms with Crippen LogP contribution in [-0.2, 0) is 10.3 Å². The van der Waals surface area contributed by atoms with Gasteiger partial charge < -0.3 is 18.9 Å². The number of hydrogen-bond acceptors (Lipinski definition) is 6. The Balaban J connectivity index is 1.69. The van der Waals surface area contributed by atoms with Crippen molar-refractivity contribution in [1.29, 1.82) is 0 Å². The zero-order valence-corrected chi connectivity index (χ0v) is 21.7. The third kappa shape index (κ3) is 4.12. The molecule has 1 aromatic carbocycles. The fraction of sp³-hybridized carbons (Fsp3) is 0.367. The van der Waals surface area contributed by atoms with Crippen LogP contribution in [0.4, 0.5) is 0 Å². The van der Waals surface area contributed by atoms with E-state index in [1.54, 1.807) is 13.8 Å². The molecule has 190 valence electrons. The van der Waals surface area contributed by atoms with Gasteiger partial charge in [-0.2, -0.15) is 0 Å². The van der Waals surface area contributed by atoms with Gasteiger partial charge in [0.1, 0.15) is 11.4 Å². The number of nitrogens with zero attached hydrogens (tertiary/aromatic N) is 4. The normalized spacial score (nSPS) is 16.0. The maximum atomic E-state index is 10.8. The molecule has 1 N–H and O–H groups in total. The van der Waals surface area contributed by atoms with Crippen molar-refractivity contribution in [2.24, 2.45) is 5.92 Å². The zero-order valence-electron chi connectivity index (χ0n) is 21.7. The van der Waals surface area contributed by atoms with Crippen molar-refractivity contribution < 1.29 is 14.4 Å². The van der Waals surface area contributed by atoms with E-state index in [9.17, 15) is 5.11 Å². The molecule has 0 aliphatic carbocycles. The van der Waals surface area contributed by atoms with E-state index in [0.717, 1.165) is 70.6 Å². The van der Waals surface area contributed by atoms with Crippen molar-refractivity contribution in [3.63, 3.8) is 0 Å². The Hall–Kier alpha value is -3.55. The minimum Gasteiger partial charge on any atom is -0.384 e. The third-order valence-corrected chi connectivity index (χ3v) is 7.60. The lowest BCUT2D eigenvalue weighted by Gasteiger charge is -2.33. The van der Waals surface area contributed by atoms with Crippen LogP contribution in [0.25, 0.3) is 33.1 Å². The van der Waals surface area contributed by atoms with E-state index in [0.29, 0.717) is 11.6 Å². The molecule has 7 nitrogen and oxygen atoms in total. The highest BCUT2D eigenvalue weighted by Gasteiger charge is 2.31. The van der Waals surface area contributed by atoms with Crippen LogP contribution < -0.4 is 0 Å². The number of rotatable bonds is 5. The van der Waals surface area contributed by atoms with E-state index < -0.39 is 5.60 Å². The van der Waals surface area contributed by atoms with Crippen LogP contribution in [0.15, 0.2) is 59.4 Å². The highest BCUT2D eigenvalue weighted by molar-refractivity contribution is 6.06. The standard InChI is InChI=1S/C30H32N4O3/c1-18-27(19(2)37-33-18)22-14-25-28(32-16-22)23-17-31-26(30(3,4)35)15-24(23)34(25)29(20-8-6-5-7-9-20)21-10-12-36-13-11-21/h5-9,14-17,21,29,35H,10-13H2,1-4H3. The molecular weight excluding hydrogens is 464 g/mol. The van der Waals surface area contributed by atoms with Crippen LogP contribution in [0.1, 0.15) is 55.4 Å². The summed E-state index contributed by atoms with van der Waals surface area (Å²) >= 11 is 0. The van der Waals surface area contributed by atoms with Gasteiger partial charge >= 0.3 is 0 Å². The first-order chi connectivity index (χ1) is 17.8. The summed E-state index contributed by atoms with van der Waals surface area (Å²) in [4.78, 5) is 9.60. The Morgan fingerprint density at radius 3 is 2.43 bits per heavy atom. The fourth-order valence-electron chi connectivity index (χ4n) is 5.78. The van der Waals surface area contributed by atoms with E-state index in [2.05, 4.69) is 51.1 Å². The predicted molar refractivity (Wildman–Crippen MR) is 143 cm³/mol. The summed E-state index contributed by atoms with van der Waals surface area (Å²) in [6.45, 7) is 8.95. The van der Waals surface area contributed by atoms with Gasteiger partial charge in [0.15, 0.2) is 0 Å². The Bertz CT molecular complexity index is 1550. The van der Waals surface area contributed by atoms with E-state index in [1.807, 2.05) is 32.3 Å². The van der Waals surface area contributed by atoms with Crippen LogP contribution in [-0.4, -0.2) is 38.0 Å². The lowest BCUT2D eigenvalue weighted by atomic mass is 9.86. The molecule has 0 bridgehead atoms. The molecule has 0 spiro atoms. The Morgan fingerprint density at radius 2 is 1.76 bits per heavy atom. The Morgan fingerprint density at radius 1 is 1.00 bits per heavy atom. The quantitative estimate of drug-likeness (QED) is 0.316. The van der Waals surface area contributed by atoms with Gasteiger partial charge in [-0.3, -0.25) is 9.97 Å². The Labute approximate surface area is 216 Å². The van der Waals surface area contributed by atoms with Crippen molar-refractivity contribution in [2.75, 3.05) is 13.2 Å². The fourth-order valence-corrected chi connectivity index (χ4v) is 5.78. The number of benzene rings is 1. The molecule has 1 atom stereocenters. The van der Waals surface area contributed by atoms with Gasteiger partial charge in [-0.05, 0) is 64.2 Å². The van der Waals surface area contributed by atoms with E-state index >= 15 is 0 Å². The van der Waals surface area contributed by atoms with Gasteiger partial charge in [0, 0.05) is 42.1 Å². The third-order valence-electron chi connectivity index (χ3n) is 7.60. The molecule has 5 aromatic rings. The molecule has 1 unspecified atom stereocenters. The molecule has 1 aliphatic heterocycles. The lowest BCUT2D eigenvalue weighted by molar-refractivity contribution is 0.0552. The second-order valence-electron chi connectivity index (χ2n) is 10.6. The number of fused-ring (bicyclic) bond motifs is 3. The Kier molecular flexibility index (Phi) is 5.85. The minimum atomic E-state index is -1.06. The number of pyridine rings is 2. The van der Waals surface area contributed by atoms with Crippen molar-refractivity contribution in [3.8, 4) is 11.1 Å². The zero-order chi connectivity index (χ0) is 25.7. The summed E-state index contributed by atoms with van der Waals surface area (Å²) in [7, 11) is 0. The molecule has 0 saturated carbocycles. The molecule has 1 fully saturated rings. The molecule has 6 rings (SSSR count). The van der Waals surface area contributed by atoms with Crippen LogP contribution >= 0.6 is 0 Å². The second kappa shape index (κ2) is 9.08. The molecule has 5 heterocycles. The monoisotopic (exact) mass is 496 g/mol. The van der Waals surface area contributed by atoms with E-state index in [1.165, 1.54) is 5.56 Å². The molecule has 1 aliphatic rings. The number of ether oxygens (including phenoxy) is 1. The van der Waals surface area contributed by atoms with Crippen molar-refractivity contribution in [3.05, 3.63) is 77.6 Å². The van der Waals surface area contributed by atoms with Crippen molar-refractivity contribution >= 4 is 21.9 Å². The summed E-state index contributed by atoms with van der Waals surface area (Å²) in [5.74, 6) is 1.16. The first-order valence-electron chi connectivity index (χ1n) is 12.9. The molecule has 7 heteroatoms. The van der Waals surface area contributed by atoms with Crippen molar-refractivity contribution in [2.45, 2.75) is 52.2 Å². The van der Waals surface area contributed by atoms with Gasteiger partial charge in [0.25, 0.3) is 0 Å². The molecule has 0 amide bonds. The molecule has 1 saturated heterocycles. The largest absolute Gasteiger partial charge is 0.384 e. The van der Waals surface area contributed by atoms with Crippen LogP contribution in [0.5, 0.6) is 0 Å². The first kappa shape index (κ1) is 23.8. The molecule has 37 heavy (non-hydrogen) atoms. The summed E-state index contributed by atoms with van der Waals surface area (Å²) in [5, 5.41) is 16.0. The van der Waals surface area contributed by atoms with E-state index in [4.69, 9.17) is 14.2 Å². The molecule has 0 radical (unpaired) electrons. The van der Waals surface area contributed by atoms with Gasteiger partial charge in [-0.25, -0.2) is 0 Å². The van der Waals surface area contributed by atoms with Crippen LogP contribution in [0, 0.1) is 19.8 Å². The summed E-state index contributed by atoms with van der Waals surface area (Å²) in [5.41, 5.74) is 6.56. The highest BCUT2D eigenvalue weighted by atomic mass is 16.5. The highest BCUT2D eigenvalue weighted by Crippen LogP contribution is 2.42. The average molecular weight is 497 g/mol. The summed E-state index contributed by atoms with van der Waals surface area (Å²) in [6, 6.07) is 15.0. The summed E-state index contributed by atoms with van der Waals surface area (Å²) < 4.78 is 13.7. The lowest BCUT2D eigenvalue weighted by Crippen LogP contribution is -2.27. The number of aryl methyl sites for hydroxylation is 2. The molecule has 4 aromatic heterocycles. The maximum absolute atomic E-state index is 10.8. The minimum absolute atomic E-state index is 0.0730. The number of hydrogen-bond donors (Lipinski definition) is 1. The smallest absolute Gasteiger partial charge is 0.141 e. The van der Waals surface area contributed by atoms with Crippen molar-refractivity contribution in [1.82, 2.24) is 19.7 Å². The van der Waals surface area contributed by atoms with Gasteiger partial charge in [0.05, 0.1) is 34.0 Å². The van der Waals surface area contributed by atoms with Crippen LogP contribution in [0.2, 0.25) is 0 Å². The van der Waals surface area contributed by atoms with Gasteiger partial charge in [-0.1, -0.05) is 35.5 Å². The van der Waals surface area contributed by atoms with E-state index in [-0.39, 0.29) is 6.04 Å². The molecular formula is C30H32N4O3. The number of aromatic nitrogens is 4. The predicted octanol–water partition coefficient (Wildman–Crippen LogP) is 6.10. The second-order valence-corrected chi connectivity index (χ2v) is 10.6. The van der Waals surface area contributed by atoms with Gasteiger partial charge in [-0.15, -0.1) is 0 Å². The average Bonchev–Trinajstić information content (AvgIpc) is 3.40. The topological polar surface area (TPSA) is 86.2 Å². The van der Waals surface area contributed by atoms with Gasteiger partial charge in [0.2, 0.25) is 0 Å². The SMILES string of the molecule is Cc1noc(C)c1-c1cnc2c3cnc(C(C)(C)O)cc3n(C(c3ccccc3)C3CCOCC3)c2c1. The summed E-state index contributed by atoms with van der Waals surface area (Å²) in [6.07, 6.45) is 5.70. The van der Waals surface area contributed by atoms with Crippen LogP contribution in [0.3, 0.4) is 0 Å².